The van der Waals surface area contributed by atoms with E-state index >= 15 is 0 Å². The first-order chi connectivity index (χ1) is 8.72. The fourth-order valence-electron chi connectivity index (χ4n) is 2.11. The average Bonchev–Trinajstić information content (AvgIpc) is 2.39. The van der Waals surface area contributed by atoms with E-state index in [4.69, 9.17) is 0 Å². The van der Waals surface area contributed by atoms with E-state index in [1.807, 2.05) is 27.0 Å². The Kier molecular flexibility index (Phi) is 10.7. The number of unbranched alkanes of at least 4 members (excludes halogenated alkanes) is 1. The minimum Gasteiger partial charge on any atom is -0.261 e. The molecule has 1 aromatic rings. The zero-order valence-electron chi connectivity index (χ0n) is 13.0. The molecule has 0 aliphatic rings. The molecule has 104 valence electrons. The first-order valence-corrected chi connectivity index (χ1v) is 7.64. The van der Waals surface area contributed by atoms with Crippen molar-refractivity contribution >= 4 is 0 Å². The second kappa shape index (κ2) is 11.3. The maximum absolute atomic E-state index is 4.32. The van der Waals surface area contributed by atoms with Crippen molar-refractivity contribution in [3.63, 3.8) is 0 Å². The minimum atomic E-state index is 0.904. The van der Waals surface area contributed by atoms with E-state index in [9.17, 15) is 0 Å². The van der Waals surface area contributed by atoms with Crippen molar-refractivity contribution in [2.45, 2.75) is 73.1 Å². The van der Waals surface area contributed by atoms with Gasteiger partial charge in [-0.1, -0.05) is 59.4 Å². The van der Waals surface area contributed by atoms with Crippen LogP contribution in [0.3, 0.4) is 0 Å². The summed E-state index contributed by atoms with van der Waals surface area (Å²) >= 11 is 0. The second-order valence-electron chi connectivity index (χ2n) is 4.95. The summed E-state index contributed by atoms with van der Waals surface area (Å²) in [5, 5.41) is 0. The molecule has 0 bridgehead atoms. The van der Waals surface area contributed by atoms with E-state index in [0.717, 1.165) is 11.6 Å². The van der Waals surface area contributed by atoms with E-state index in [-0.39, 0.29) is 0 Å². The molecule has 1 atom stereocenters. The summed E-state index contributed by atoms with van der Waals surface area (Å²) in [6.07, 6.45) is 9.95. The predicted octanol–water partition coefficient (Wildman–Crippen LogP) is 5.57. The highest BCUT2D eigenvalue weighted by molar-refractivity contribution is 5.12. The van der Waals surface area contributed by atoms with Gasteiger partial charge in [0.15, 0.2) is 0 Å². The number of hydrogen-bond acceptors (Lipinski definition) is 1. The van der Waals surface area contributed by atoms with Gasteiger partial charge in [-0.3, -0.25) is 4.98 Å². The summed E-state index contributed by atoms with van der Waals surface area (Å²) in [4.78, 5) is 4.32. The molecule has 0 N–H and O–H groups in total. The van der Waals surface area contributed by atoms with Crippen molar-refractivity contribution in [1.29, 1.82) is 0 Å². The average molecular weight is 249 g/mol. The molecular weight excluding hydrogens is 218 g/mol. The molecule has 0 aliphatic heterocycles. The van der Waals surface area contributed by atoms with Crippen molar-refractivity contribution in [1.82, 2.24) is 4.98 Å². The van der Waals surface area contributed by atoms with Crippen LogP contribution in [0.2, 0.25) is 0 Å². The number of nitrogens with zero attached hydrogens (tertiary/aromatic N) is 1. The Bertz CT molecular complexity index is 276. The van der Waals surface area contributed by atoms with Crippen molar-refractivity contribution in [2.24, 2.45) is 5.92 Å². The number of pyridine rings is 1. The lowest BCUT2D eigenvalue weighted by Gasteiger charge is -2.09. The largest absolute Gasteiger partial charge is 0.261 e. The number of aromatic nitrogens is 1. The van der Waals surface area contributed by atoms with Crippen molar-refractivity contribution in [3.8, 4) is 0 Å². The monoisotopic (exact) mass is 249 g/mol. The molecule has 1 nitrogen and oxygen atoms in total. The lowest BCUT2D eigenvalue weighted by atomic mass is 9.98. The van der Waals surface area contributed by atoms with Crippen molar-refractivity contribution in [3.05, 3.63) is 29.6 Å². The molecule has 1 rings (SSSR count). The fraction of sp³-hybridized carbons (Fsp3) is 0.706. The van der Waals surface area contributed by atoms with E-state index in [2.05, 4.69) is 31.0 Å². The highest BCUT2D eigenvalue weighted by Crippen LogP contribution is 2.15. The van der Waals surface area contributed by atoms with Crippen LogP contribution in [0, 0.1) is 12.8 Å². The van der Waals surface area contributed by atoms with Gasteiger partial charge in [0.05, 0.1) is 0 Å². The third kappa shape index (κ3) is 8.27. The van der Waals surface area contributed by atoms with E-state index in [1.54, 1.807) is 0 Å². The second-order valence-corrected chi connectivity index (χ2v) is 4.95. The summed E-state index contributed by atoms with van der Waals surface area (Å²) in [5.41, 5.74) is 2.49. The lowest BCUT2D eigenvalue weighted by molar-refractivity contribution is 0.461. The molecule has 1 unspecified atom stereocenters. The predicted molar refractivity (Wildman–Crippen MR) is 81.9 cm³/mol. The Morgan fingerprint density at radius 2 is 1.83 bits per heavy atom. The first-order valence-electron chi connectivity index (χ1n) is 7.64. The number of aryl methyl sites for hydroxylation is 2. The zero-order chi connectivity index (χ0) is 13.8. The third-order valence-corrected chi connectivity index (χ3v) is 3.17. The topological polar surface area (TPSA) is 12.9 Å². The van der Waals surface area contributed by atoms with Crippen molar-refractivity contribution in [2.75, 3.05) is 0 Å². The van der Waals surface area contributed by atoms with Crippen LogP contribution in [-0.4, -0.2) is 4.98 Å². The Labute approximate surface area is 114 Å². The Hall–Kier alpha value is -0.850. The van der Waals surface area contributed by atoms with Gasteiger partial charge in [-0.25, -0.2) is 0 Å². The van der Waals surface area contributed by atoms with Gasteiger partial charge in [0.25, 0.3) is 0 Å². The van der Waals surface area contributed by atoms with Crippen LogP contribution < -0.4 is 0 Å². The van der Waals surface area contributed by atoms with Crippen LogP contribution >= 0.6 is 0 Å². The lowest BCUT2D eigenvalue weighted by Crippen LogP contribution is -1.95. The van der Waals surface area contributed by atoms with Gasteiger partial charge < -0.3 is 0 Å². The molecule has 18 heavy (non-hydrogen) atoms. The van der Waals surface area contributed by atoms with Crippen LogP contribution in [0.15, 0.2) is 18.3 Å². The smallest absolute Gasteiger partial charge is 0.0372 e. The molecule has 1 aromatic heterocycles. The summed E-state index contributed by atoms with van der Waals surface area (Å²) in [7, 11) is 0. The molecule has 0 aromatic carbocycles. The van der Waals surface area contributed by atoms with Gasteiger partial charge in [0.1, 0.15) is 0 Å². The molecule has 0 saturated heterocycles. The van der Waals surface area contributed by atoms with Crippen LogP contribution in [0.4, 0.5) is 0 Å². The number of rotatable bonds is 7. The van der Waals surface area contributed by atoms with E-state index in [0.29, 0.717) is 0 Å². The highest BCUT2D eigenvalue weighted by Gasteiger charge is 2.00. The number of hydrogen-bond donors (Lipinski definition) is 0. The minimum absolute atomic E-state index is 0.904. The SMILES string of the molecule is CC.CCCC(C)CCCCc1ccc(C)nc1. The molecule has 1 heteroatoms. The normalized spacial score (nSPS) is 11.6. The van der Waals surface area contributed by atoms with Crippen LogP contribution in [0.1, 0.15) is 71.1 Å². The Morgan fingerprint density at radius 3 is 2.39 bits per heavy atom. The molecular formula is C17H31N. The van der Waals surface area contributed by atoms with Crippen LogP contribution in [0.25, 0.3) is 0 Å². The van der Waals surface area contributed by atoms with Crippen LogP contribution in [0.5, 0.6) is 0 Å². The fourth-order valence-corrected chi connectivity index (χ4v) is 2.11. The highest BCUT2D eigenvalue weighted by atomic mass is 14.6. The van der Waals surface area contributed by atoms with Gasteiger partial charge in [0.2, 0.25) is 0 Å². The standard InChI is InChI=1S/C15H25N.C2H6/c1-4-7-13(2)8-5-6-9-15-11-10-14(3)16-12-15;1-2/h10-13H,4-9H2,1-3H3;1-2H3. The Morgan fingerprint density at radius 1 is 1.11 bits per heavy atom. The molecule has 0 radical (unpaired) electrons. The van der Waals surface area contributed by atoms with Gasteiger partial charge in [-0.15, -0.1) is 0 Å². The quantitative estimate of drug-likeness (QED) is 0.576. The van der Waals surface area contributed by atoms with Crippen molar-refractivity contribution < 1.29 is 0 Å². The van der Waals surface area contributed by atoms with E-state index < -0.39 is 0 Å². The van der Waals surface area contributed by atoms with Gasteiger partial charge in [-0.2, -0.15) is 0 Å². The van der Waals surface area contributed by atoms with Gasteiger partial charge in [-0.05, 0) is 37.3 Å². The molecule has 0 fully saturated rings. The maximum atomic E-state index is 4.32. The Balaban J connectivity index is 0.00000137. The van der Waals surface area contributed by atoms with E-state index in [1.165, 1.54) is 44.1 Å². The summed E-state index contributed by atoms with van der Waals surface area (Å²) < 4.78 is 0. The summed E-state index contributed by atoms with van der Waals surface area (Å²) in [6.45, 7) is 10.7. The maximum Gasteiger partial charge on any atom is 0.0372 e. The summed E-state index contributed by atoms with van der Waals surface area (Å²) in [5.74, 6) is 0.904. The molecule has 1 heterocycles. The van der Waals surface area contributed by atoms with Gasteiger partial charge >= 0.3 is 0 Å². The molecule has 0 aliphatic carbocycles. The summed E-state index contributed by atoms with van der Waals surface area (Å²) in [6, 6.07) is 4.31. The molecule has 0 spiro atoms. The zero-order valence-corrected chi connectivity index (χ0v) is 13.0. The van der Waals surface area contributed by atoms with Crippen LogP contribution in [-0.2, 0) is 6.42 Å². The molecule has 0 saturated carbocycles. The third-order valence-electron chi connectivity index (χ3n) is 3.17. The van der Waals surface area contributed by atoms with Gasteiger partial charge in [0, 0.05) is 11.9 Å². The first kappa shape index (κ1) is 17.2. The molecule has 0 amide bonds.